The van der Waals surface area contributed by atoms with Crippen LogP contribution in [0.15, 0.2) is 30.4 Å². The van der Waals surface area contributed by atoms with Crippen LogP contribution in [0.4, 0.5) is 5.69 Å². The van der Waals surface area contributed by atoms with E-state index in [-0.39, 0.29) is 23.8 Å². The van der Waals surface area contributed by atoms with Crippen LogP contribution < -0.4 is 10.6 Å². The van der Waals surface area contributed by atoms with Gasteiger partial charge in [-0.2, -0.15) is 0 Å². The molecule has 3 aliphatic heterocycles. The minimum Gasteiger partial charge on any atom is -0.359 e. The van der Waals surface area contributed by atoms with Crippen molar-refractivity contribution in [2.45, 2.75) is 96.4 Å². The zero-order valence-corrected chi connectivity index (χ0v) is 24.6. The SMILES string of the molecule is CCCN(CCC)CCN1C(=O)C2C(C(=O)Nc3ccc(C)c(C)c3)C3C=CC2(O3)C1C(=O)NC1CCCCC1. The van der Waals surface area contributed by atoms with Gasteiger partial charge in [0.15, 0.2) is 0 Å². The summed E-state index contributed by atoms with van der Waals surface area (Å²) in [5.74, 6) is -1.94. The molecule has 1 aromatic carbocycles. The molecule has 8 heteroatoms. The van der Waals surface area contributed by atoms with Crippen molar-refractivity contribution in [3.63, 3.8) is 0 Å². The highest BCUT2D eigenvalue weighted by molar-refractivity contribution is 6.02. The Balaban J connectivity index is 1.41. The van der Waals surface area contributed by atoms with Crippen molar-refractivity contribution in [3.8, 4) is 0 Å². The number of fused-ring (bicyclic) bond motifs is 1. The first kappa shape index (κ1) is 28.8. The number of nitrogens with zero attached hydrogens (tertiary/aromatic N) is 2. The van der Waals surface area contributed by atoms with Gasteiger partial charge in [0, 0.05) is 24.8 Å². The minimum absolute atomic E-state index is 0.122. The van der Waals surface area contributed by atoms with Gasteiger partial charge in [-0.3, -0.25) is 14.4 Å². The van der Waals surface area contributed by atoms with E-state index in [1.54, 1.807) is 4.90 Å². The normalized spacial score (nSPS) is 29.3. The zero-order valence-electron chi connectivity index (χ0n) is 24.6. The molecular weight excluding hydrogens is 504 g/mol. The van der Waals surface area contributed by atoms with E-state index in [1.165, 1.54) is 6.42 Å². The van der Waals surface area contributed by atoms with E-state index >= 15 is 0 Å². The summed E-state index contributed by atoms with van der Waals surface area (Å²) in [6.07, 6.45) is 10.7. The molecule has 5 unspecified atom stereocenters. The third kappa shape index (κ3) is 5.32. The molecule has 8 nitrogen and oxygen atoms in total. The van der Waals surface area contributed by atoms with E-state index in [0.717, 1.165) is 62.7 Å². The summed E-state index contributed by atoms with van der Waals surface area (Å²) in [6.45, 7) is 11.4. The average Bonchev–Trinajstić information content (AvgIpc) is 3.57. The number of carbonyl (C=O) groups is 3. The standard InChI is InChI=1S/C32H46N4O4/c1-5-16-35(17-6-2)18-19-36-28(30(38)33-23-10-8-7-9-11-23)32-15-14-25(40-32)26(27(32)31(36)39)29(37)34-24-13-12-21(3)22(4)20-24/h12-15,20,23,25-28H,5-11,16-19H2,1-4H3,(H,33,38)(H,34,37). The summed E-state index contributed by atoms with van der Waals surface area (Å²) in [5, 5.41) is 6.32. The number of anilines is 1. The molecule has 40 heavy (non-hydrogen) atoms. The van der Waals surface area contributed by atoms with Crippen LogP contribution in [0, 0.1) is 25.7 Å². The van der Waals surface area contributed by atoms with Gasteiger partial charge in [-0.1, -0.05) is 51.3 Å². The first-order valence-corrected chi connectivity index (χ1v) is 15.4. The Morgan fingerprint density at radius 1 is 1.02 bits per heavy atom. The van der Waals surface area contributed by atoms with E-state index in [1.807, 2.05) is 44.2 Å². The number of hydrogen-bond acceptors (Lipinski definition) is 5. The lowest BCUT2D eigenvalue weighted by atomic mass is 9.74. The second kappa shape index (κ2) is 12.0. The fourth-order valence-electron chi connectivity index (χ4n) is 7.30. The molecule has 0 radical (unpaired) electrons. The number of likely N-dealkylation sites (tertiary alicyclic amines) is 1. The van der Waals surface area contributed by atoms with Gasteiger partial charge in [0.25, 0.3) is 0 Å². The van der Waals surface area contributed by atoms with Crippen molar-refractivity contribution in [1.82, 2.24) is 15.1 Å². The van der Waals surface area contributed by atoms with Crippen molar-refractivity contribution in [2.75, 3.05) is 31.5 Å². The van der Waals surface area contributed by atoms with Crippen LogP contribution in [0.3, 0.4) is 0 Å². The lowest BCUT2D eigenvalue weighted by molar-refractivity contribution is -0.141. The molecule has 3 amide bonds. The highest BCUT2D eigenvalue weighted by atomic mass is 16.5. The molecule has 2 saturated heterocycles. The smallest absolute Gasteiger partial charge is 0.246 e. The summed E-state index contributed by atoms with van der Waals surface area (Å²) < 4.78 is 6.51. The highest BCUT2D eigenvalue weighted by Crippen LogP contribution is 2.55. The molecule has 1 aliphatic carbocycles. The van der Waals surface area contributed by atoms with Crippen molar-refractivity contribution >= 4 is 23.4 Å². The van der Waals surface area contributed by atoms with Crippen LogP contribution in [-0.4, -0.2) is 77.5 Å². The van der Waals surface area contributed by atoms with Gasteiger partial charge in [0.05, 0.1) is 17.9 Å². The first-order chi connectivity index (χ1) is 19.3. The Morgan fingerprint density at radius 3 is 2.42 bits per heavy atom. The van der Waals surface area contributed by atoms with Crippen LogP contribution in [0.2, 0.25) is 0 Å². The number of nitrogens with one attached hydrogen (secondary N) is 2. The van der Waals surface area contributed by atoms with Crippen molar-refractivity contribution in [2.24, 2.45) is 11.8 Å². The molecule has 2 bridgehead atoms. The molecule has 5 atom stereocenters. The molecule has 4 aliphatic rings. The third-order valence-electron chi connectivity index (χ3n) is 9.39. The Bertz CT molecular complexity index is 1140. The molecule has 5 rings (SSSR count). The summed E-state index contributed by atoms with van der Waals surface area (Å²) in [7, 11) is 0. The molecule has 3 heterocycles. The lowest BCUT2D eigenvalue weighted by Crippen LogP contribution is -2.57. The third-order valence-corrected chi connectivity index (χ3v) is 9.39. The van der Waals surface area contributed by atoms with Gasteiger partial charge in [-0.15, -0.1) is 0 Å². The number of aryl methyl sites for hydroxylation is 2. The van der Waals surface area contributed by atoms with E-state index in [9.17, 15) is 14.4 Å². The molecule has 218 valence electrons. The fraction of sp³-hybridized carbons (Fsp3) is 0.656. The number of benzene rings is 1. The monoisotopic (exact) mass is 550 g/mol. The molecule has 2 N–H and O–H groups in total. The summed E-state index contributed by atoms with van der Waals surface area (Å²) >= 11 is 0. The van der Waals surface area contributed by atoms with Crippen LogP contribution in [-0.2, 0) is 19.1 Å². The van der Waals surface area contributed by atoms with E-state index in [4.69, 9.17) is 4.74 Å². The van der Waals surface area contributed by atoms with Crippen molar-refractivity contribution in [3.05, 3.63) is 41.5 Å². The van der Waals surface area contributed by atoms with Crippen molar-refractivity contribution < 1.29 is 19.1 Å². The zero-order chi connectivity index (χ0) is 28.4. The number of amides is 3. The Labute approximate surface area is 238 Å². The molecule has 1 aromatic rings. The van der Waals surface area contributed by atoms with E-state index in [0.29, 0.717) is 18.8 Å². The maximum Gasteiger partial charge on any atom is 0.246 e. The predicted octanol–water partition coefficient (Wildman–Crippen LogP) is 3.96. The van der Waals surface area contributed by atoms with Crippen molar-refractivity contribution in [1.29, 1.82) is 0 Å². The quantitative estimate of drug-likeness (QED) is 0.407. The second-order valence-electron chi connectivity index (χ2n) is 12.2. The number of hydrogen-bond donors (Lipinski definition) is 2. The van der Waals surface area contributed by atoms with E-state index < -0.39 is 29.6 Å². The summed E-state index contributed by atoms with van der Waals surface area (Å²) in [4.78, 5) is 46.0. The Kier molecular flexibility index (Phi) is 8.66. The van der Waals surface area contributed by atoms with Crippen LogP contribution in [0.5, 0.6) is 0 Å². The largest absolute Gasteiger partial charge is 0.359 e. The Morgan fingerprint density at radius 2 is 1.75 bits per heavy atom. The molecule has 0 aromatic heterocycles. The second-order valence-corrected chi connectivity index (χ2v) is 12.2. The van der Waals surface area contributed by atoms with Gasteiger partial charge in [-0.25, -0.2) is 0 Å². The maximum atomic E-state index is 14.2. The average molecular weight is 551 g/mol. The Hall–Kier alpha value is -2.71. The maximum absolute atomic E-state index is 14.2. The highest BCUT2D eigenvalue weighted by Gasteiger charge is 2.72. The van der Waals surface area contributed by atoms with Gasteiger partial charge < -0.3 is 25.2 Å². The van der Waals surface area contributed by atoms with Gasteiger partial charge in [0.1, 0.15) is 11.6 Å². The molecular formula is C32H46N4O4. The van der Waals surface area contributed by atoms with Gasteiger partial charge in [0.2, 0.25) is 17.7 Å². The van der Waals surface area contributed by atoms with E-state index in [2.05, 4.69) is 29.4 Å². The molecule has 1 spiro atoms. The number of ether oxygens (including phenoxy) is 1. The molecule has 3 fully saturated rings. The predicted molar refractivity (Wildman–Crippen MR) is 156 cm³/mol. The summed E-state index contributed by atoms with van der Waals surface area (Å²) in [6, 6.07) is 5.16. The summed E-state index contributed by atoms with van der Waals surface area (Å²) in [5.41, 5.74) is 1.82. The van der Waals surface area contributed by atoms with Crippen LogP contribution in [0.1, 0.15) is 69.9 Å². The van der Waals surface area contributed by atoms with Crippen LogP contribution >= 0.6 is 0 Å². The number of carbonyl (C=O) groups excluding carboxylic acids is 3. The topological polar surface area (TPSA) is 91.0 Å². The van der Waals surface area contributed by atoms with Crippen LogP contribution in [0.25, 0.3) is 0 Å². The van der Waals surface area contributed by atoms with Gasteiger partial charge in [-0.05, 0) is 75.9 Å². The number of rotatable bonds is 11. The fourth-order valence-corrected chi connectivity index (χ4v) is 7.30. The molecule has 1 saturated carbocycles. The minimum atomic E-state index is -1.12. The lowest BCUT2D eigenvalue weighted by Gasteiger charge is -2.35. The first-order valence-electron chi connectivity index (χ1n) is 15.4. The van der Waals surface area contributed by atoms with Gasteiger partial charge >= 0.3 is 0 Å².